The van der Waals surface area contributed by atoms with Crippen LogP contribution in [-0.2, 0) is 23.0 Å². The van der Waals surface area contributed by atoms with E-state index in [9.17, 15) is 8.42 Å². The molecule has 1 aliphatic rings. The Hall–Kier alpha value is -1.15. The smallest absolute Gasteiger partial charge is 0.242 e. The highest BCUT2D eigenvalue weighted by Gasteiger charge is 2.26. The minimum Gasteiger partial charge on any atom is -0.363 e. The molecule has 0 aromatic carbocycles. The van der Waals surface area contributed by atoms with Crippen molar-refractivity contribution in [3.05, 3.63) is 39.8 Å². The Morgan fingerprint density at radius 3 is 3.14 bits per heavy atom. The fourth-order valence-electron chi connectivity index (χ4n) is 2.73. The molecule has 2 heterocycles. The van der Waals surface area contributed by atoms with Crippen molar-refractivity contribution in [3.63, 3.8) is 0 Å². The Balaban J connectivity index is 1.80. The molecule has 5 nitrogen and oxygen atoms in total. The largest absolute Gasteiger partial charge is 0.363 e. The lowest BCUT2D eigenvalue weighted by molar-refractivity contribution is 0.511. The summed E-state index contributed by atoms with van der Waals surface area (Å²) in [6, 6.07) is 3.61. The molecule has 1 aliphatic carbocycles. The van der Waals surface area contributed by atoms with Crippen LogP contribution in [0.2, 0.25) is 0 Å². The van der Waals surface area contributed by atoms with Crippen LogP contribution in [0.15, 0.2) is 28.6 Å². The van der Waals surface area contributed by atoms with E-state index in [1.807, 2.05) is 18.5 Å². The lowest BCUT2D eigenvalue weighted by Crippen LogP contribution is -2.30. The first-order valence-electron chi connectivity index (χ1n) is 7.00. The van der Waals surface area contributed by atoms with E-state index >= 15 is 0 Å². The van der Waals surface area contributed by atoms with E-state index in [4.69, 9.17) is 0 Å². The third-order valence-corrected chi connectivity index (χ3v) is 6.19. The summed E-state index contributed by atoms with van der Waals surface area (Å²) in [6.45, 7) is 0.619. The van der Waals surface area contributed by atoms with Gasteiger partial charge in [-0.1, -0.05) is 0 Å². The molecule has 3 rings (SSSR count). The second-order valence-electron chi connectivity index (χ2n) is 5.26. The van der Waals surface area contributed by atoms with Gasteiger partial charge in [-0.05, 0) is 49.4 Å². The number of thiophene rings is 1. The van der Waals surface area contributed by atoms with Crippen LogP contribution in [0.1, 0.15) is 35.0 Å². The van der Waals surface area contributed by atoms with E-state index in [0.717, 1.165) is 30.5 Å². The van der Waals surface area contributed by atoms with Crippen molar-refractivity contribution in [2.24, 2.45) is 0 Å². The molecule has 2 aromatic heterocycles. The van der Waals surface area contributed by atoms with Gasteiger partial charge in [-0.25, -0.2) is 13.1 Å². The number of rotatable bonds is 5. The predicted molar refractivity (Wildman–Crippen MR) is 83.9 cm³/mol. The van der Waals surface area contributed by atoms with Crippen LogP contribution in [0.5, 0.6) is 0 Å². The minimum absolute atomic E-state index is 0.104. The maximum Gasteiger partial charge on any atom is 0.242 e. The van der Waals surface area contributed by atoms with Crippen LogP contribution >= 0.6 is 11.3 Å². The van der Waals surface area contributed by atoms with E-state index in [1.165, 1.54) is 4.88 Å². The van der Waals surface area contributed by atoms with Crippen molar-refractivity contribution >= 4 is 21.4 Å². The van der Waals surface area contributed by atoms with Crippen LogP contribution in [0, 0.1) is 0 Å². The number of aromatic nitrogens is 1. The summed E-state index contributed by atoms with van der Waals surface area (Å²) in [5, 5.41) is 5.03. The van der Waals surface area contributed by atoms with Gasteiger partial charge in [0.2, 0.25) is 10.0 Å². The lowest BCUT2D eigenvalue weighted by Gasteiger charge is -2.23. The molecule has 7 heteroatoms. The molecule has 0 fully saturated rings. The first-order valence-corrected chi connectivity index (χ1v) is 9.37. The summed E-state index contributed by atoms with van der Waals surface area (Å²) < 4.78 is 27.9. The molecule has 1 unspecified atom stereocenters. The first kappa shape index (κ1) is 14.8. The molecular formula is C14H19N3O2S2. The Kier molecular flexibility index (Phi) is 4.17. The topological polar surface area (TPSA) is 74.0 Å². The van der Waals surface area contributed by atoms with Crippen molar-refractivity contribution in [2.75, 3.05) is 7.05 Å². The van der Waals surface area contributed by atoms with Crippen molar-refractivity contribution in [3.8, 4) is 0 Å². The number of fused-ring (bicyclic) bond motifs is 1. The van der Waals surface area contributed by atoms with Gasteiger partial charge in [-0.3, -0.25) is 0 Å². The number of aromatic amines is 1. The number of hydrogen-bond acceptors (Lipinski definition) is 4. The van der Waals surface area contributed by atoms with Crippen molar-refractivity contribution in [1.29, 1.82) is 0 Å². The van der Waals surface area contributed by atoms with E-state index in [2.05, 4.69) is 15.0 Å². The summed E-state index contributed by atoms with van der Waals surface area (Å²) in [7, 11) is -1.66. The first-order chi connectivity index (χ1) is 10.1. The normalized spacial score (nSPS) is 18.6. The van der Waals surface area contributed by atoms with Crippen LogP contribution < -0.4 is 10.0 Å². The molecule has 0 saturated heterocycles. The zero-order chi connectivity index (χ0) is 14.9. The van der Waals surface area contributed by atoms with Gasteiger partial charge < -0.3 is 10.3 Å². The molecule has 114 valence electrons. The Bertz CT molecular complexity index is 718. The van der Waals surface area contributed by atoms with Crippen LogP contribution in [0.25, 0.3) is 0 Å². The minimum atomic E-state index is -3.48. The van der Waals surface area contributed by atoms with Gasteiger partial charge in [0.1, 0.15) is 0 Å². The summed E-state index contributed by atoms with van der Waals surface area (Å²) in [5.74, 6) is 0. The Labute approximate surface area is 128 Å². The lowest BCUT2D eigenvalue weighted by atomic mass is 9.95. The van der Waals surface area contributed by atoms with Crippen molar-refractivity contribution < 1.29 is 8.42 Å². The van der Waals surface area contributed by atoms with Gasteiger partial charge >= 0.3 is 0 Å². The molecule has 0 aliphatic heterocycles. The molecule has 21 heavy (non-hydrogen) atoms. The maximum atomic E-state index is 12.5. The quantitative estimate of drug-likeness (QED) is 0.788. The zero-order valence-electron chi connectivity index (χ0n) is 11.8. The van der Waals surface area contributed by atoms with Gasteiger partial charge in [-0.15, -0.1) is 11.3 Å². The summed E-state index contributed by atoms with van der Waals surface area (Å²) >= 11 is 1.71. The third-order valence-electron chi connectivity index (χ3n) is 3.74. The average Bonchev–Trinajstić information content (AvgIpc) is 3.08. The molecule has 3 N–H and O–H groups in total. The van der Waals surface area contributed by atoms with Gasteiger partial charge in [0.05, 0.1) is 4.90 Å². The number of aryl methyl sites for hydroxylation is 1. The average molecular weight is 325 g/mol. The van der Waals surface area contributed by atoms with Crippen molar-refractivity contribution in [2.45, 2.75) is 36.7 Å². The fourth-order valence-corrected chi connectivity index (χ4v) is 4.99. The number of hydrogen-bond donors (Lipinski definition) is 3. The molecule has 0 saturated carbocycles. The SMILES string of the molecule is CNCc1cc(S(=O)(=O)NC2CCCc3sccc32)c[nH]1. The van der Waals surface area contributed by atoms with Gasteiger partial charge in [0.25, 0.3) is 0 Å². The molecule has 0 radical (unpaired) electrons. The number of H-pyrrole nitrogens is 1. The van der Waals surface area contributed by atoms with Crippen LogP contribution in [-0.4, -0.2) is 20.4 Å². The summed E-state index contributed by atoms with van der Waals surface area (Å²) in [4.78, 5) is 4.59. The van der Waals surface area contributed by atoms with E-state index in [0.29, 0.717) is 11.4 Å². The molecule has 0 amide bonds. The second kappa shape index (κ2) is 5.92. The fraction of sp³-hybridized carbons (Fsp3) is 0.429. The van der Waals surface area contributed by atoms with Crippen LogP contribution in [0.4, 0.5) is 0 Å². The van der Waals surface area contributed by atoms with Crippen molar-refractivity contribution in [1.82, 2.24) is 15.0 Å². The highest BCUT2D eigenvalue weighted by molar-refractivity contribution is 7.89. The highest BCUT2D eigenvalue weighted by atomic mass is 32.2. The van der Waals surface area contributed by atoms with E-state index in [-0.39, 0.29) is 6.04 Å². The summed E-state index contributed by atoms with van der Waals surface area (Å²) in [6.07, 6.45) is 4.49. The second-order valence-corrected chi connectivity index (χ2v) is 7.97. The van der Waals surface area contributed by atoms with E-state index < -0.39 is 10.0 Å². The third kappa shape index (κ3) is 3.06. The van der Waals surface area contributed by atoms with Crippen LogP contribution in [0.3, 0.4) is 0 Å². The Morgan fingerprint density at radius 1 is 1.48 bits per heavy atom. The summed E-state index contributed by atoms with van der Waals surface area (Å²) in [5.41, 5.74) is 2.00. The monoisotopic (exact) mass is 325 g/mol. The van der Waals surface area contributed by atoms with Gasteiger partial charge in [0.15, 0.2) is 0 Å². The van der Waals surface area contributed by atoms with Gasteiger partial charge in [0, 0.05) is 29.4 Å². The maximum absolute atomic E-state index is 12.5. The highest BCUT2D eigenvalue weighted by Crippen LogP contribution is 2.34. The predicted octanol–water partition coefficient (Wildman–Crippen LogP) is 2.15. The van der Waals surface area contributed by atoms with Gasteiger partial charge in [-0.2, -0.15) is 0 Å². The molecule has 0 bridgehead atoms. The standard InChI is InChI=1S/C14H19N3O2S2/c1-15-8-10-7-11(9-16-10)21(18,19)17-13-3-2-4-14-12(13)5-6-20-14/h5-7,9,13,15-17H,2-4,8H2,1H3. The number of sulfonamides is 1. The molecule has 2 aromatic rings. The Morgan fingerprint density at radius 2 is 2.33 bits per heavy atom. The zero-order valence-corrected chi connectivity index (χ0v) is 13.5. The van der Waals surface area contributed by atoms with E-state index in [1.54, 1.807) is 23.6 Å². The molecule has 1 atom stereocenters. The molecular weight excluding hydrogens is 306 g/mol. The number of nitrogens with one attached hydrogen (secondary N) is 3. The molecule has 0 spiro atoms.